The lowest BCUT2D eigenvalue weighted by atomic mass is 10.0. The molecule has 1 atom stereocenters. The summed E-state index contributed by atoms with van der Waals surface area (Å²) in [5.74, 6) is -0.619. The van der Waals surface area contributed by atoms with Gasteiger partial charge in [0.25, 0.3) is 0 Å². The molecule has 1 aliphatic rings. The van der Waals surface area contributed by atoms with Crippen LogP contribution in [0.2, 0.25) is 0 Å². The number of carbonyl (C=O) groups excluding carboxylic acids is 3. The lowest BCUT2D eigenvalue weighted by Gasteiger charge is -2.31. The van der Waals surface area contributed by atoms with E-state index in [2.05, 4.69) is 4.74 Å². The summed E-state index contributed by atoms with van der Waals surface area (Å²) in [6.45, 7) is -0.0222. The molecular formula is C15H17NO5. The molecule has 0 aromatic heterocycles. The molecule has 6 heteroatoms. The summed E-state index contributed by atoms with van der Waals surface area (Å²) in [6.07, 6.45) is -0.143. The maximum Gasteiger partial charge on any atom is 0.411 e. The van der Waals surface area contributed by atoms with Crippen LogP contribution in [0.25, 0.3) is 0 Å². The summed E-state index contributed by atoms with van der Waals surface area (Å²) in [5.41, 5.74) is 0.837. The molecule has 1 aromatic rings. The van der Waals surface area contributed by atoms with Gasteiger partial charge >= 0.3 is 12.1 Å². The monoisotopic (exact) mass is 291 g/mol. The van der Waals surface area contributed by atoms with Crippen molar-refractivity contribution in [2.75, 3.05) is 13.7 Å². The fourth-order valence-electron chi connectivity index (χ4n) is 2.21. The molecule has 1 heterocycles. The van der Waals surface area contributed by atoms with Gasteiger partial charge in [-0.1, -0.05) is 30.3 Å². The van der Waals surface area contributed by atoms with Crippen LogP contribution in [0, 0.1) is 0 Å². The Bertz CT molecular complexity index is 528. The Kier molecular flexibility index (Phi) is 4.92. The number of hydrogen-bond acceptors (Lipinski definition) is 5. The van der Waals surface area contributed by atoms with E-state index in [-0.39, 0.29) is 31.8 Å². The Morgan fingerprint density at radius 3 is 2.67 bits per heavy atom. The first-order valence-corrected chi connectivity index (χ1v) is 6.68. The highest BCUT2D eigenvalue weighted by Gasteiger charge is 2.36. The second kappa shape index (κ2) is 6.88. The fraction of sp³-hybridized carbons (Fsp3) is 0.400. The van der Waals surface area contributed by atoms with Crippen LogP contribution in [0.15, 0.2) is 30.3 Å². The molecule has 1 amide bonds. The maximum atomic E-state index is 12.1. The van der Waals surface area contributed by atoms with E-state index in [1.165, 1.54) is 7.11 Å². The minimum atomic E-state index is -0.754. The summed E-state index contributed by atoms with van der Waals surface area (Å²) in [4.78, 5) is 36.4. The lowest BCUT2D eigenvalue weighted by Crippen LogP contribution is -2.51. The topological polar surface area (TPSA) is 72.9 Å². The number of carbonyl (C=O) groups is 3. The van der Waals surface area contributed by atoms with Gasteiger partial charge in [0.15, 0.2) is 5.78 Å². The SMILES string of the molecule is COC(=O)[C@@H]1CCC(=O)CN1C(=O)OCc1ccccc1. The molecule has 0 spiro atoms. The molecule has 1 saturated heterocycles. The summed E-state index contributed by atoms with van der Waals surface area (Å²) in [6, 6.07) is 8.44. The molecule has 1 aromatic carbocycles. The van der Waals surface area contributed by atoms with E-state index in [1.807, 2.05) is 30.3 Å². The first-order chi connectivity index (χ1) is 10.1. The van der Waals surface area contributed by atoms with Crippen LogP contribution >= 0.6 is 0 Å². The van der Waals surface area contributed by atoms with E-state index in [0.717, 1.165) is 10.5 Å². The zero-order valence-electron chi connectivity index (χ0n) is 11.8. The molecule has 1 aliphatic heterocycles. The minimum Gasteiger partial charge on any atom is -0.467 e. The standard InChI is InChI=1S/C15H17NO5/c1-20-14(18)13-8-7-12(17)9-16(13)15(19)21-10-11-5-3-2-4-6-11/h2-6,13H,7-10H2,1H3/t13-/m0/s1. The van der Waals surface area contributed by atoms with Crippen molar-refractivity contribution >= 4 is 17.8 Å². The number of Topliss-reactive ketones (excluding diaryl/α,β-unsaturated/α-hetero) is 1. The molecule has 6 nitrogen and oxygen atoms in total. The number of amides is 1. The Balaban J connectivity index is 2.00. The Morgan fingerprint density at radius 2 is 2.00 bits per heavy atom. The van der Waals surface area contributed by atoms with Crippen LogP contribution < -0.4 is 0 Å². The number of benzene rings is 1. The van der Waals surface area contributed by atoms with E-state index in [1.54, 1.807) is 0 Å². The van der Waals surface area contributed by atoms with Gasteiger partial charge in [0.05, 0.1) is 13.7 Å². The predicted octanol–water partition coefficient (Wildman–Crippen LogP) is 1.53. The summed E-state index contributed by atoms with van der Waals surface area (Å²) < 4.78 is 9.84. The third kappa shape index (κ3) is 3.81. The quantitative estimate of drug-likeness (QED) is 0.790. The number of ketones is 1. The summed E-state index contributed by atoms with van der Waals surface area (Å²) >= 11 is 0. The number of likely N-dealkylation sites (tertiary alicyclic amines) is 1. The van der Waals surface area contributed by atoms with Crippen molar-refractivity contribution in [3.05, 3.63) is 35.9 Å². The van der Waals surface area contributed by atoms with E-state index >= 15 is 0 Å². The highest BCUT2D eigenvalue weighted by Crippen LogP contribution is 2.17. The van der Waals surface area contributed by atoms with E-state index < -0.39 is 18.1 Å². The first kappa shape index (κ1) is 15.0. The average Bonchev–Trinajstić information content (AvgIpc) is 2.52. The van der Waals surface area contributed by atoms with Crippen molar-refractivity contribution in [1.82, 2.24) is 4.90 Å². The molecule has 1 fully saturated rings. The van der Waals surface area contributed by atoms with Gasteiger partial charge in [-0.3, -0.25) is 9.69 Å². The van der Waals surface area contributed by atoms with Gasteiger partial charge in [0.1, 0.15) is 12.6 Å². The predicted molar refractivity (Wildman–Crippen MR) is 73.4 cm³/mol. The second-order valence-electron chi connectivity index (χ2n) is 4.78. The van der Waals surface area contributed by atoms with Crippen molar-refractivity contribution in [2.45, 2.75) is 25.5 Å². The maximum absolute atomic E-state index is 12.1. The third-order valence-electron chi connectivity index (χ3n) is 3.33. The molecule has 0 bridgehead atoms. The van der Waals surface area contributed by atoms with Crippen molar-refractivity contribution in [3.63, 3.8) is 0 Å². The number of rotatable bonds is 3. The van der Waals surface area contributed by atoms with Gasteiger partial charge in [-0.15, -0.1) is 0 Å². The van der Waals surface area contributed by atoms with Crippen LogP contribution in [-0.2, 0) is 25.7 Å². The number of hydrogen-bond donors (Lipinski definition) is 0. The number of piperidine rings is 1. The molecule has 0 radical (unpaired) electrons. The third-order valence-corrected chi connectivity index (χ3v) is 3.33. The van der Waals surface area contributed by atoms with Crippen molar-refractivity contribution in [3.8, 4) is 0 Å². The van der Waals surface area contributed by atoms with Crippen LogP contribution in [0.5, 0.6) is 0 Å². The van der Waals surface area contributed by atoms with Crippen molar-refractivity contribution in [1.29, 1.82) is 0 Å². The van der Waals surface area contributed by atoms with Gasteiger partial charge in [-0.05, 0) is 12.0 Å². The van der Waals surface area contributed by atoms with Crippen LogP contribution in [-0.4, -0.2) is 42.4 Å². The van der Waals surface area contributed by atoms with E-state index in [4.69, 9.17) is 4.74 Å². The van der Waals surface area contributed by atoms with E-state index in [9.17, 15) is 14.4 Å². The lowest BCUT2D eigenvalue weighted by molar-refractivity contribution is -0.148. The summed E-state index contributed by atoms with van der Waals surface area (Å²) in [7, 11) is 1.26. The Morgan fingerprint density at radius 1 is 1.29 bits per heavy atom. The molecule has 21 heavy (non-hydrogen) atoms. The number of methoxy groups -OCH3 is 1. The zero-order valence-corrected chi connectivity index (χ0v) is 11.8. The van der Waals surface area contributed by atoms with Gasteiger partial charge in [-0.25, -0.2) is 9.59 Å². The minimum absolute atomic E-state index is 0.0909. The normalized spacial score (nSPS) is 18.2. The zero-order chi connectivity index (χ0) is 15.2. The summed E-state index contributed by atoms with van der Waals surface area (Å²) in [5, 5.41) is 0. The molecule has 0 N–H and O–H groups in total. The smallest absolute Gasteiger partial charge is 0.411 e. The first-order valence-electron chi connectivity index (χ1n) is 6.68. The molecule has 2 rings (SSSR count). The fourth-order valence-corrected chi connectivity index (χ4v) is 2.21. The molecule has 0 unspecified atom stereocenters. The molecule has 0 saturated carbocycles. The Hall–Kier alpha value is -2.37. The molecule has 0 aliphatic carbocycles. The van der Waals surface area contributed by atoms with Gasteiger partial charge in [-0.2, -0.15) is 0 Å². The van der Waals surface area contributed by atoms with Gasteiger partial charge in [0.2, 0.25) is 0 Å². The average molecular weight is 291 g/mol. The van der Waals surface area contributed by atoms with E-state index in [0.29, 0.717) is 0 Å². The second-order valence-corrected chi connectivity index (χ2v) is 4.78. The van der Waals surface area contributed by atoms with Crippen molar-refractivity contribution < 1.29 is 23.9 Å². The van der Waals surface area contributed by atoms with Gasteiger partial charge < -0.3 is 9.47 Å². The molecular weight excluding hydrogens is 274 g/mol. The highest BCUT2D eigenvalue weighted by molar-refractivity contribution is 5.90. The van der Waals surface area contributed by atoms with Crippen LogP contribution in [0.3, 0.4) is 0 Å². The Labute approximate surface area is 122 Å². The van der Waals surface area contributed by atoms with Gasteiger partial charge in [0, 0.05) is 6.42 Å². The number of ether oxygens (including phenoxy) is 2. The van der Waals surface area contributed by atoms with Crippen LogP contribution in [0.4, 0.5) is 4.79 Å². The largest absolute Gasteiger partial charge is 0.467 e. The van der Waals surface area contributed by atoms with Crippen molar-refractivity contribution in [2.24, 2.45) is 0 Å². The highest BCUT2D eigenvalue weighted by atomic mass is 16.6. The number of nitrogens with zero attached hydrogens (tertiary/aromatic N) is 1. The number of esters is 1. The molecule has 112 valence electrons. The van der Waals surface area contributed by atoms with Crippen LogP contribution in [0.1, 0.15) is 18.4 Å².